The third kappa shape index (κ3) is 4.14. The van der Waals surface area contributed by atoms with Crippen LogP contribution in [0.5, 0.6) is 11.8 Å². The molecular formula is C27H28N2O4. The number of piperidine rings is 1. The predicted molar refractivity (Wildman–Crippen MR) is 126 cm³/mol. The van der Waals surface area contributed by atoms with Crippen LogP contribution < -0.4 is 0 Å². The first-order valence-electron chi connectivity index (χ1n) is 11.4. The van der Waals surface area contributed by atoms with E-state index in [4.69, 9.17) is 4.74 Å². The maximum Gasteiger partial charge on any atom is 0.339 e. The van der Waals surface area contributed by atoms with Gasteiger partial charge in [-0.1, -0.05) is 35.9 Å². The molecule has 0 unspecified atom stereocenters. The van der Waals surface area contributed by atoms with Crippen molar-refractivity contribution in [1.82, 2.24) is 9.47 Å². The topological polar surface area (TPSA) is 74.9 Å². The van der Waals surface area contributed by atoms with E-state index >= 15 is 0 Å². The molecule has 0 saturated carbocycles. The first-order valence-corrected chi connectivity index (χ1v) is 11.4. The van der Waals surface area contributed by atoms with E-state index in [2.05, 4.69) is 36.2 Å². The predicted octanol–water partition coefficient (Wildman–Crippen LogP) is 4.34. The molecule has 170 valence electrons. The summed E-state index contributed by atoms with van der Waals surface area (Å²) in [5.74, 6) is -0.809. The van der Waals surface area contributed by atoms with Crippen molar-refractivity contribution in [1.29, 1.82) is 0 Å². The standard InChI is InChI=1S/C27H28N2O4/c1-28-14-12-20(13-15-28)26-22-5-3-2-4-18(22)6-7-19-8-9-21(16-23(19)26)27(32)33-17-29-24(30)10-11-25(29)31/h2-5,8-11,16,30-31H,6-7,12-15,17H2,1H3. The van der Waals surface area contributed by atoms with Crippen molar-refractivity contribution in [2.75, 3.05) is 20.1 Å². The Morgan fingerprint density at radius 1 is 0.879 bits per heavy atom. The fourth-order valence-electron chi connectivity index (χ4n) is 4.86. The molecule has 2 N–H and O–H groups in total. The molecule has 2 aliphatic rings. The van der Waals surface area contributed by atoms with Gasteiger partial charge in [-0.15, -0.1) is 0 Å². The number of aromatic nitrogens is 1. The Labute approximate surface area is 193 Å². The number of rotatable bonds is 3. The van der Waals surface area contributed by atoms with E-state index in [9.17, 15) is 15.0 Å². The number of benzene rings is 2. The number of esters is 1. The Kier molecular flexibility index (Phi) is 5.68. The smallest absolute Gasteiger partial charge is 0.339 e. The highest BCUT2D eigenvalue weighted by Crippen LogP contribution is 2.39. The second-order valence-corrected chi connectivity index (χ2v) is 8.85. The van der Waals surface area contributed by atoms with Crippen LogP contribution >= 0.6 is 0 Å². The van der Waals surface area contributed by atoms with E-state index < -0.39 is 5.97 Å². The summed E-state index contributed by atoms with van der Waals surface area (Å²) in [7, 11) is 2.16. The SMILES string of the molecule is CN1CCC(=C2c3ccccc3CCc3ccc(C(=O)OCn4c(O)ccc4O)cc32)CC1. The summed E-state index contributed by atoms with van der Waals surface area (Å²) < 4.78 is 6.53. The maximum atomic E-state index is 12.9. The van der Waals surface area contributed by atoms with Gasteiger partial charge in [0.1, 0.15) is 0 Å². The van der Waals surface area contributed by atoms with Crippen molar-refractivity contribution in [3.05, 3.63) is 88.0 Å². The van der Waals surface area contributed by atoms with Crippen molar-refractivity contribution in [3.63, 3.8) is 0 Å². The van der Waals surface area contributed by atoms with Gasteiger partial charge in [-0.05, 0) is 72.7 Å². The fraction of sp³-hybridized carbons (Fsp3) is 0.296. The Bertz CT molecular complexity index is 1210. The number of ether oxygens (including phenoxy) is 1. The van der Waals surface area contributed by atoms with Gasteiger partial charge in [-0.3, -0.25) is 0 Å². The summed E-state index contributed by atoms with van der Waals surface area (Å²) in [5, 5.41) is 19.6. The van der Waals surface area contributed by atoms with Crippen molar-refractivity contribution in [2.24, 2.45) is 0 Å². The molecular weight excluding hydrogens is 416 g/mol. The number of aromatic hydroxyl groups is 2. The molecule has 0 atom stereocenters. The molecule has 2 heterocycles. The van der Waals surface area contributed by atoms with Gasteiger partial charge in [-0.25, -0.2) is 9.36 Å². The molecule has 0 spiro atoms. The largest absolute Gasteiger partial charge is 0.494 e. The first kappa shape index (κ1) is 21.3. The molecule has 1 aliphatic carbocycles. The van der Waals surface area contributed by atoms with Crippen LogP contribution in [-0.4, -0.2) is 45.8 Å². The summed E-state index contributed by atoms with van der Waals surface area (Å²) in [4.78, 5) is 15.2. The molecule has 0 amide bonds. The van der Waals surface area contributed by atoms with Gasteiger partial charge in [0.15, 0.2) is 18.5 Å². The molecule has 6 nitrogen and oxygen atoms in total. The van der Waals surface area contributed by atoms with Gasteiger partial charge in [0.2, 0.25) is 0 Å². The summed E-state index contributed by atoms with van der Waals surface area (Å²) in [6, 6.07) is 17.1. The van der Waals surface area contributed by atoms with Crippen LogP contribution in [0, 0.1) is 0 Å². The number of nitrogens with zero attached hydrogens (tertiary/aromatic N) is 2. The van der Waals surface area contributed by atoms with Gasteiger partial charge in [0, 0.05) is 25.2 Å². The summed E-state index contributed by atoms with van der Waals surface area (Å²) in [6.45, 7) is 1.80. The number of likely N-dealkylation sites (tertiary alicyclic amines) is 1. The summed E-state index contributed by atoms with van der Waals surface area (Å²) >= 11 is 0. The minimum absolute atomic E-state index is 0.159. The second-order valence-electron chi connectivity index (χ2n) is 8.85. The van der Waals surface area contributed by atoms with Crippen LogP contribution in [-0.2, 0) is 24.3 Å². The molecule has 3 aromatic rings. The quantitative estimate of drug-likeness (QED) is 0.588. The summed E-state index contributed by atoms with van der Waals surface area (Å²) in [5.41, 5.74) is 8.13. The maximum absolute atomic E-state index is 12.9. The van der Waals surface area contributed by atoms with Crippen LogP contribution in [0.2, 0.25) is 0 Å². The van der Waals surface area contributed by atoms with Crippen molar-refractivity contribution in [3.8, 4) is 11.8 Å². The van der Waals surface area contributed by atoms with Gasteiger partial charge in [-0.2, -0.15) is 0 Å². The van der Waals surface area contributed by atoms with Crippen LogP contribution in [0.3, 0.4) is 0 Å². The number of fused-ring (bicyclic) bond motifs is 2. The third-order valence-corrected chi connectivity index (χ3v) is 6.77. The minimum atomic E-state index is -0.490. The highest BCUT2D eigenvalue weighted by atomic mass is 16.5. The minimum Gasteiger partial charge on any atom is -0.494 e. The van der Waals surface area contributed by atoms with E-state index in [0.29, 0.717) is 5.56 Å². The van der Waals surface area contributed by atoms with Crippen molar-refractivity contribution >= 4 is 11.5 Å². The Morgan fingerprint density at radius 2 is 1.55 bits per heavy atom. The molecule has 6 heteroatoms. The zero-order valence-corrected chi connectivity index (χ0v) is 18.8. The van der Waals surface area contributed by atoms with E-state index in [0.717, 1.165) is 48.9 Å². The van der Waals surface area contributed by atoms with Gasteiger partial charge in [0.05, 0.1) is 5.56 Å². The van der Waals surface area contributed by atoms with Crippen LogP contribution in [0.4, 0.5) is 0 Å². The lowest BCUT2D eigenvalue weighted by atomic mass is 9.85. The monoisotopic (exact) mass is 444 g/mol. The van der Waals surface area contributed by atoms with E-state index in [-0.39, 0.29) is 18.5 Å². The van der Waals surface area contributed by atoms with E-state index in [1.54, 1.807) is 0 Å². The van der Waals surface area contributed by atoms with E-state index in [1.807, 2.05) is 18.2 Å². The molecule has 0 radical (unpaired) electrons. The highest BCUT2D eigenvalue weighted by molar-refractivity contribution is 5.93. The normalized spacial score (nSPS) is 16.2. The number of aryl methyl sites for hydroxylation is 2. The summed E-state index contributed by atoms with van der Waals surface area (Å²) in [6.07, 6.45) is 3.92. The van der Waals surface area contributed by atoms with Crippen LogP contribution in [0.25, 0.3) is 5.57 Å². The molecule has 1 saturated heterocycles. The lowest BCUT2D eigenvalue weighted by Crippen LogP contribution is -2.27. The van der Waals surface area contributed by atoms with Crippen molar-refractivity contribution in [2.45, 2.75) is 32.4 Å². The highest BCUT2D eigenvalue weighted by Gasteiger charge is 2.24. The zero-order valence-electron chi connectivity index (χ0n) is 18.8. The van der Waals surface area contributed by atoms with Gasteiger partial charge >= 0.3 is 5.97 Å². The molecule has 33 heavy (non-hydrogen) atoms. The van der Waals surface area contributed by atoms with Gasteiger partial charge < -0.3 is 19.8 Å². The molecule has 1 aliphatic heterocycles. The fourth-order valence-corrected chi connectivity index (χ4v) is 4.86. The van der Waals surface area contributed by atoms with E-state index in [1.165, 1.54) is 40.0 Å². The van der Waals surface area contributed by atoms with Gasteiger partial charge in [0.25, 0.3) is 0 Å². The Hall–Kier alpha value is -3.51. The molecule has 1 fully saturated rings. The van der Waals surface area contributed by atoms with Crippen LogP contribution in [0.15, 0.2) is 60.2 Å². The van der Waals surface area contributed by atoms with Crippen LogP contribution in [0.1, 0.15) is 45.5 Å². The second kappa shape index (κ2) is 8.79. The Balaban J connectivity index is 1.52. The lowest BCUT2D eigenvalue weighted by molar-refractivity contribution is 0.0349. The van der Waals surface area contributed by atoms with Crippen molar-refractivity contribution < 1.29 is 19.7 Å². The number of carbonyl (C=O) groups excluding carboxylic acids is 1. The Morgan fingerprint density at radius 3 is 2.27 bits per heavy atom. The molecule has 0 bridgehead atoms. The molecule has 5 rings (SSSR count). The average molecular weight is 445 g/mol. The molecule has 1 aromatic heterocycles. The zero-order chi connectivity index (χ0) is 22.9. The number of hydrogen-bond donors (Lipinski definition) is 2. The number of hydrogen-bond acceptors (Lipinski definition) is 5. The number of carbonyl (C=O) groups is 1. The molecule has 2 aromatic carbocycles. The third-order valence-electron chi connectivity index (χ3n) is 6.77. The first-order chi connectivity index (χ1) is 16.0. The average Bonchev–Trinajstić information content (AvgIpc) is 3.05. The lowest BCUT2D eigenvalue weighted by Gasteiger charge is -2.27.